The Morgan fingerprint density at radius 3 is 2.25 bits per heavy atom. The van der Waals surface area contributed by atoms with Crippen molar-refractivity contribution < 1.29 is 14.7 Å². The normalized spacial score (nSPS) is 19.0. The average molecular weight is 519 g/mol. The monoisotopic (exact) mass is 518 g/mol. The highest BCUT2D eigenvalue weighted by molar-refractivity contribution is 7.13. The molecule has 1 aliphatic heterocycles. The quantitative estimate of drug-likeness (QED) is 0.238. The SMILES string of the molecule is CC(C)C(C=O)N(N)/C=C\N.CC1CC(O)CN1C.Cc1ncsc1-c1ccc(C(C)NC=O)cc1. The first-order valence-electron chi connectivity index (χ1n) is 12.0. The Hall–Kier alpha value is -2.79. The average Bonchev–Trinajstić information content (AvgIpc) is 3.38. The maximum absolute atomic E-state index is 10.5. The number of hydrogen-bond acceptors (Lipinski definition) is 9. The van der Waals surface area contributed by atoms with E-state index in [0.29, 0.717) is 6.04 Å². The van der Waals surface area contributed by atoms with Crippen LogP contribution in [0.3, 0.4) is 0 Å². The summed E-state index contributed by atoms with van der Waals surface area (Å²) in [4.78, 5) is 28.4. The number of aliphatic hydroxyl groups is 1. The van der Waals surface area contributed by atoms with Crippen molar-refractivity contribution in [2.24, 2.45) is 17.5 Å². The second-order valence-electron chi connectivity index (χ2n) is 9.23. The molecule has 2 heterocycles. The molecule has 0 bridgehead atoms. The van der Waals surface area contributed by atoms with Gasteiger partial charge >= 0.3 is 0 Å². The Bertz CT molecular complexity index is 924. The number of thiazole rings is 1. The van der Waals surface area contributed by atoms with Gasteiger partial charge in [0.15, 0.2) is 0 Å². The minimum absolute atomic E-state index is 0.0455. The number of hydrogen-bond donors (Lipinski definition) is 4. The standard InChI is InChI=1S/C13H14N2OS.C7H15N3O.C6H13NO/c1-9(14-7-16)11-3-5-12(6-4-11)13-10(2)15-8-17-13;1-6(2)7(5-11)10(9)4-3-8;1-5-3-6(8)4-7(5)2/h3-9H,1-2H3,(H,14,16);3-7H,8-9H2,1-2H3;5-6,8H,3-4H2,1-2H3/b;4-3-;. The smallest absolute Gasteiger partial charge is 0.207 e. The molecule has 200 valence electrons. The first kappa shape index (κ1) is 31.2. The van der Waals surface area contributed by atoms with E-state index < -0.39 is 0 Å². The number of aliphatic hydroxyl groups excluding tert-OH is 1. The van der Waals surface area contributed by atoms with Crippen molar-refractivity contribution in [3.8, 4) is 10.4 Å². The molecule has 1 aromatic heterocycles. The summed E-state index contributed by atoms with van der Waals surface area (Å²) in [5.74, 6) is 5.66. The molecule has 0 saturated carbocycles. The van der Waals surface area contributed by atoms with Gasteiger partial charge < -0.3 is 30.9 Å². The fraction of sp³-hybridized carbons (Fsp3) is 0.500. The Balaban J connectivity index is 0.000000294. The molecule has 4 atom stereocenters. The molecule has 10 heteroatoms. The van der Waals surface area contributed by atoms with Crippen molar-refractivity contribution in [2.75, 3.05) is 13.6 Å². The van der Waals surface area contributed by atoms with Crippen LogP contribution in [0.15, 0.2) is 42.2 Å². The van der Waals surface area contributed by atoms with Gasteiger partial charge in [0.2, 0.25) is 6.41 Å². The predicted molar refractivity (Wildman–Crippen MR) is 147 cm³/mol. The van der Waals surface area contributed by atoms with E-state index in [1.54, 1.807) is 11.3 Å². The molecule has 0 aliphatic carbocycles. The van der Waals surface area contributed by atoms with Gasteiger partial charge in [0.05, 0.1) is 28.2 Å². The molecule has 1 saturated heterocycles. The highest BCUT2D eigenvalue weighted by atomic mass is 32.1. The summed E-state index contributed by atoms with van der Waals surface area (Å²) in [5.41, 5.74) is 10.3. The Kier molecular flexibility index (Phi) is 13.9. The Morgan fingerprint density at radius 2 is 1.89 bits per heavy atom. The number of aromatic nitrogens is 1. The highest BCUT2D eigenvalue weighted by Crippen LogP contribution is 2.28. The molecular weight excluding hydrogens is 476 g/mol. The van der Waals surface area contributed by atoms with Gasteiger partial charge in [-0.2, -0.15) is 0 Å². The van der Waals surface area contributed by atoms with Crippen LogP contribution in [-0.2, 0) is 9.59 Å². The fourth-order valence-electron chi connectivity index (χ4n) is 3.63. The summed E-state index contributed by atoms with van der Waals surface area (Å²) in [6.45, 7) is 10.8. The second-order valence-corrected chi connectivity index (χ2v) is 10.1. The summed E-state index contributed by atoms with van der Waals surface area (Å²) in [6, 6.07) is 8.53. The minimum Gasteiger partial charge on any atom is -0.403 e. The molecular formula is C26H42N6O3S. The van der Waals surface area contributed by atoms with Gasteiger partial charge in [-0.3, -0.25) is 4.79 Å². The number of hydrazine groups is 1. The molecule has 3 rings (SSSR count). The van der Waals surface area contributed by atoms with Gasteiger partial charge in [0.25, 0.3) is 0 Å². The minimum atomic E-state index is -0.296. The largest absolute Gasteiger partial charge is 0.403 e. The first-order chi connectivity index (χ1) is 17.0. The third-order valence-corrected chi connectivity index (χ3v) is 7.00. The number of amides is 1. The van der Waals surface area contributed by atoms with Gasteiger partial charge in [-0.05, 0) is 51.3 Å². The molecule has 0 spiro atoms. The maximum atomic E-state index is 10.5. The lowest BCUT2D eigenvalue weighted by Gasteiger charge is -2.23. The van der Waals surface area contributed by atoms with Crippen molar-refractivity contribution in [1.29, 1.82) is 0 Å². The van der Waals surface area contributed by atoms with Crippen LogP contribution in [0.1, 0.15) is 51.4 Å². The number of β-amino-alcohol motifs (C(OH)–C–C–N with tert-alkyl or cyclic N) is 1. The fourth-order valence-corrected chi connectivity index (χ4v) is 4.44. The van der Waals surface area contributed by atoms with Crippen LogP contribution in [0.4, 0.5) is 0 Å². The zero-order chi connectivity index (χ0) is 27.3. The Labute approximate surface area is 219 Å². The van der Waals surface area contributed by atoms with E-state index >= 15 is 0 Å². The summed E-state index contributed by atoms with van der Waals surface area (Å²) in [6.07, 6.45) is 5.18. The number of carbonyl (C=O) groups excluding carboxylic acids is 2. The number of aldehydes is 1. The molecule has 1 aromatic carbocycles. The van der Waals surface area contributed by atoms with Crippen LogP contribution >= 0.6 is 11.3 Å². The zero-order valence-corrected chi connectivity index (χ0v) is 23.0. The van der Waals surface area contributed by atoms with E-state index in [4.69, 9.17) is 16.7 Å². The number of nitrogens with zero attached hydrogens (tertiary/aromatic N) is 3. The molecule has 9 nitrogen and oxygen atoms in total. The van der Waals surface area contributed by atoms with Crippen molar-refractivity contribution in [1.82, 2.24) is 20.2 Å². The van der Waals surface area contributed by atoms with Gasteiger partial charge in [0.1, 0.15) is 12.3 Å². The van der Waals surface area contributed by atoms with Gasteiger partial charge in [0, 0.05) is 25.0 Å². The molecule has 2 aromatic rings. The number of likely N-dealkylation sites (N-methyl/N-ethyl adjacent to an activating group) is 1. The number of carbonyl (C=O) groups is 2. The van der Waals surface area contributed by atoms with Crippen molar-refractivity contribution in [2.45, 2.75) is 65.3 Å². The van der Waals surface area contributed by atoms with Gasteiger partial charge in [-0.15, -0.1) is 11.3 Å². The van der Waals surface area contributed by atoms with Crippen LogP contribution < -0.4 is 16.9 Å². The second kappa shape index (κ2) is 16.1. The van der Waals surface area contributed by atoms with E-state index in [1.165, 1.54) is 27.8 Å². The molecule has 36 heavy (non-hydrogen) atoms. The van der Waals surface area contributed by atoms with Crippen LogP contribution in [0, 0.1) is 12.8 Å². The third kappa shape index (κ3) is 10.1. The van der Waals surface area contributed by atoms with Crippen LogP contribution in [-0.4, -0.2) is 64.5 Å². The number of benzene rings is 1. The molecule has 1 fully saturated rings. The predicted octanol–water partition coefficient (Wildman–Crippen LogP) is 2.81. The van der Waals surface area contributed by atoms with Gasteiger partial charge in [-0.1, -0.05) is 38.1 Å². The number of aryl methyl sites for hydroxylation is 1. The van der Waals surface area contributed by atoms with E-state index in [-0.39, 0.29) is 24.1 Å². The number of likely N-dealkylation sites (tertiary alicyclic amines) is 1. The molecule has 1 aliphatic rings. The lowest BCUT2D eigenvalue weighted by Crippen LogP contribution is -2.41. The summed E-state index contributed by atoms with van der Waals surface area (Å²) < 4.78 is 0. The van der Waals surface area contributed by atoms with Crippen molar-refractivity contribution in [3.05, 3.63) is 53.4 Å². The van der Waals surface area contributed by atoms with Crippen LogP contribution in [0.5, 0.6) is 0 Å². The molecule has 6 N–H and O–H groups in total. The summed E-state index contributed by atoms with van der Waals surface area (Å²) >= 11 is 1.64. The van der Waals surface area contributed by atoms with Crippen molar-refractivity contribution >= 4 is 24.0 Å². The van der Waals surface area contributed by atoms with E-state index in [2.05, 4.69) is 34.3 Å². The van der Waals surface area contributed by atoms with E-state index in [9.17, 15) is 9.59 Å². The molecule has 1 amide bonds. The Morgan fingerprint density at radius 1 is 1.25 bits per heavy atom. The van der Waals surface area contributed by atoms with Gasteiger partial charge in [-0.25, -0.2) is 10.8 Å². The highest BCUT2D eigenvalue weighted by Gasteiger charge is 2.23. The number of nitrogens with one attached hydrogen (secondary N) is 1. The third-order valence-electron chi connectivity index (χ3n) is 6.03. The zero-order valence-electron chi connectivity index (χ0n) is 22.2. The maximum Gasteiger partial charge on any atom is 0.207 e. The lowest BCUT2D eigenvalue weighted by atomic mass is 10.1. The number of rotatable bonds is 8. The van der Waals surface area contributed by atoms with Crippen LogP contribution in [0.2, 0.25) is 0 Å². The van der Waals surface area contributed by atoms with E-state index in [0.717, 1.165) is 36.9 Å². The molecule has 4 unspecified atom stereocenters. The number of nitrogens with two attached hydrogens (primary N) is 2. The lowest BCUT2D eigenvalue weighted by molar-refractivity contribution is -0.113. The summed E-state index contributed by atoms with van der Waals surface area (Å²) in [7, 11) is 2.04. The first-order valence-corrected chi connectivity index (χ1v) is 12.9. The molecule has 0 radical (unpaired) electrons. The summed E-state index contributed by atoms with van der Waals surface area (Å²) in [5, 5.41) is 13.1. The topological polar surface area (TPSA) is 138 Å². The van der Waals surface area contributed by atoms with E-state index in [1.807, 2.05) is 52.4 Å². The van der Waals surface area contributed by atoms with Crippen LogP contribution in [0.25, 0.3) is 10.4 Å². The van der Waals surface area contributed by atoms with Crippen molar-refractivity contribution in [3.63, 3.8) is 0 Å².